The maximum absolute atomic E-state index is 12.7. The van der Waals surface area contributed by atoms with Crippen LogP contribution in [0.4, 0.5) is 0 Å². The van der Waals surface area contributed by atoms with E-state index in [-0.39, 0.29) is 30.1 Å². The van der Waals surface area contributed by atoms with Crippen LogP contribution in [-0.2, 0) is 19.1 Å². The summed E-state index contributed by atoms with van der Waals surface area (Å²) in [5, 5.41) is 6.32. The molecule has 2 unspecified atom stereocenters. The second-order valence-electron chi connectivity index (χ2n) is 8.48. The summed E-state index contributed by atoms with van der Waals surface area (Å²) in [6.07, 6.45) is 4.25. The van der Waals surface area contributed by atoms with Gasteiger partial charge in [-0.2, -0.15) is 0 Å². The van der Waals surface area contributed by atoms with E-state index in [1.807, 2.05) is 0 Å². The molecule has 2 amide bonds. The van der Waals surface area contributed by atoms with Gasteiger partial charge in [0.25, 0.3) is 11.8 Å². The van der Waals surface area contributed by atoms with Crippen molar-refractivity contribution in [1.82, 2.24) is 10.6 Å². The molecule has 0 saturated heterocycles. The minimum Gasteiger partial charge on any atom is -0.459 e. The molecule has 0 aromatic carbocycles. The molecule has 0 aromatic heterocycles. The van der Waals surface area contributed by atoms with Crippen LogP contribution in [0.25, 0.3) is 0 Å². The van der Waals surface area contributed by atoms with Gasteiger partial charge in [0.05, 0.1) is 0 Å². The Kier molecular flexibility index (Phi) is 7.09. The van der Waals surface area contributed by atoms with Gasteiger partial charge >= 0.3 is 5.97 Å². The van der Waals surface area contributed by atoms with Crippen molar-refractivity contribution in [3.63, 3.8) is 0 Å². The molecule has 12 heteroatoms. The lowest BCUT2D eigenvalue weighted by molar-refractivity contribution is -0.198. The van der Waals surface area contributed by atoms with Gasteiger partial charge in [-0.3, -0.25) is 14.4 Å². The summed E-state index contributed by atoms with van der Waals surface area (Å²) in [5.41, 5.74) is -1.85. The molecular formula is C17H20Br6N2O4. The van der Waals surface area contributed by atoms with Crippen LogP contribution in [0, 0.1) is 5.92 Å². The lowest BCUT2D eigenvalue weighted by Gasteiger charge is -2.65. The fourth-order valence-electron chi connectivity index (χ4n) is 5.68. The summed E-state index contributed by atoms with van der Waals surface area (Å²) in [5.74, 6) is -0.578. The van der Waals surface area contributed by atoms with E-state index in [0.717, 1.165) is 19.3 Å². The van der Waals surface area contributed by atoms with Crippen molar-refractivity contribution in [2.75, 3.05) is 0 Å². The Morgan fingerprint density at radius 1 is 0.862 bits per heavy atom. The van der Waals surface area contributed by atoms with Crippen molar-refractivity contribution in [2.24, 2.45) is 5.92 Å². The third-order valence-corrected chi connectivity index (χ3v) is 8.07. The van der Waals surface area contributed by atoms with E-state index in [2.05, 4.69) is 106 Å². The number of rotatable bonds is 4. The minimum absolute atomic E-state index is 0.224. The normalized spacial score (nSPS) is 35.9. The number of halogens is 6. The first-order valence-corrected chi connectivity index (χ1v) is 13.9. The Bertz CT molecular complexity index is 690. The second-order valence-corrected chi connectivity index (χ2v) is 22.0. The highest BCUT2D eigenvalue weighted by Crippen LogP contribution is 2.61. The van der Waals surface area contributed by atoms with Crippen molar-refractivity contribution in [3.8, 4) is 0 Å². The summed E-state index contributed by atoms with van der Waals surface area (Å²) in [6, 6.07) is 0. The quantitative estimate of drug-likeness (QED) is 0.308. The molecule has 0 spiro atoms. The largest absolute Gasteiger partial charge is 0.459 e. The van der Waals surface area contributed by atoms with Gasteiger partial charge in [-0.05, 0) is 127 Å². The molecule has 29 heavy (non-hydrogen) atoms. The first kappa shape index (κ1) is 24.9. The first-order chi connectivity index (χ1) is 13.1. The molecule has 4 aliphatic rings. The molecule has 164 valence electrons. The molecular weight excluding hydrogens is 776 g/mol. The molecule has 0 heterocycles. The monoisotopic (exact) mass is 790 g/mol. The molecule has 4 saturated carbocycles. The predicted octanol–water partition coefficient (Wildman–Crippen LogP) is 5.06. The van der Waals surface area contributed by atoms with Crippen LogP contribution < -0.4 is 10.6 Å². The van der Waals surface area contributed by atoms with E-state index >= 15 is 0 Å². The van der Waals surface area contributed by atoms with E-state index in [9.17, 15) is 14.4 Å². The Labute approximate surface area is 219 Å². The Morgan fingerprint density at radius 3 is 1.69 bits per heavy atom. The van der Waals surface area contributed by atoms with Gasteiger partial charge in [0.1, 0.15) is 5.60 Å². The van der Waals surface area contributed by atoms with E-state index in [0.29, 0.717) is 19.3 Å². The van der Waals surface area contributed by atoms with E-state index in [4.69, 9.17) is 4.74 Å². The minimum atomic E-state index is -1.09. The molecule has 6 nitrogen and oxygen atoms in total. The smallest absolute Gasteiger partial charge is 0.306 e. The number of esters is 1. The van der Waals surface area contributed by atoms with Crippen LogP contribution >= 0.6 is 95.6 Å². The average molecular weight is 796 g/mol. The maximum atomic E-state index is 12.7. The summed E-state index contributed by atoms with van der Waals surface area (Å²) >= 11 is 19.7. The van der Waals surface area contributed by atoms with E-state index < -0.39 is 21.0 Å². The molecule has 4 fully saturated rings. The molecule has 2 atom stereocenters. The highest BCUT2D eigenvalue weighted by atomic mass is 80.0. The first-order valence-electron chi connectivity index (χ1n) is 9.12. The number of nitrogens with one attached hydrogen (secondary N) is 2. The van der Waals surface area contributed by atoms with Crippen LogP contribution in [0.5, 0.6) is 0 Å². The Balaban J connectivity index is 1.96. The molecule has 4 rings (SSSR count). The van der Waals surface area contributed by atoms with Crippen LogP contribution in [0.3, 0.4) is 0 Å². The molecule has 0 aromatic rings. The number of hydrogen-bond donors (Lipinski definition) is 2. The van der Waals surface area contributed by atoms with Gasteiger partial charge in [-0.15, -0.1) is 0 Å². The van der Waals surface area contributed by atoms with Crippen molar-refractivity contribution in [3.05, 3.63) is 0 Å². The summed E-state index contributed by atoms with van der Waals surface area (Å²) in [7, 11) is 0. The van der Waals surface area contributed by atoms with Crippen LogP contribution in [0.2, 0.25) is 0 Å². The fraction of sp³-hybridized carbons (Fsp3) is 0.824. The van der Waals surface area contributed by atoms with Gasteiger partial charge in [-0.25, -0.2) is 0 Å². The number of amides is 2. The summed E-state index contributed by atoms with van der Waals surface area (Å²) in [6.45, 7) is 1.77. The number of carbonyl (C=O) groups is 3. The molecule has 2 N–H and O–H groups in total. The number of ether oxygens (including phenoxy) is 1. The van der Waals surface area contributed by atoms with Gasteiger partial charge in [0, 0.05) is 30.3 Å². The highest BCUT2D eigenvalue weighted by Gasteiger charge is 2.66. The standard InChI is InChI=1S/C17H20Br6N2O4/c1-2-10(26)29-15-5-9-3-13(7-15,24-11(27)16(18,19)20)6-14(4-9,8-15)25-12(28)17(21,22)23/h9H,2-8H2,1H3,(H,24,27)(H,25,28). The van der Waals surface area contributed by atoms with Crippen molar-refractivity contribution in [1.29, 1.82) is 0 Å². The fourth-order valence-corrected chi connectivity index (χ4v) is 6.27. The Hall–Kier alpha value is 1.29. The van der Waals surface area contributed by atoms with Gasteiger partial charge in [0.15, 0.2) is 0 Å². The van der Waals surface area contributed by atoms with Crippen molar-refractivity contribution >= 4 is 113 Å². The third kappa shape index (κ3) is 5.45. The summed E-state index contributed by atoms with van der Waals surface area (Å²) in [4.78, 5) is 37.7. The van der Waals surface area contributed by atoms with Crippen LogP contribution in [0.15, 0.2) is 0 Å². The van der Waals surface area contributed by atoms with E-state index in [1.165, 1.54) is 0 Å². The lowest BCUT2D eigenvalue weighted by atomic mass is 9.48. The number of alkyl halides is 6. The van der Waals surface area contributed by atoms with Crippen molar-refractivity contribution < 1.29 is 19.1 Å². The SMILES string of the molecule is CCC(=O)OC12CC3CC(NC(=O)C(Br)(Br)Br)(CC(NC(=O)C(Br)(Br)Br)(C3)C1)C2. The van der Waals surface area contributed by atoms with Crippen LogP contribution in [0.1, 0.15) is 51.9 Å². The number of carbonyl (C=O) groups excluding carboxylic acids is 3. The third-order valence-electron chi connectivity index (χ3n) is 5.91. The van der Waals surface area contributed by atoms with Gasteiger partial charge in [-0.1, -0.05) is 6.92 Å². The van der Waals surface area contributed by atoms with E-state index in [1.54, 1.807) is 6.92 Å². The molecule has 0 aliphatic heterocycles. The molecule has 0 radical (unpaired) electrons. The lowest BCUT2D eigenvalue weighted by Crippen LogP contribution is -2.75. The Morgan fingerprint density at radius 2 is 1.31 bits per heavy atom. The number of hydrogen-bond acceptors (Lipinski definition) is 4. The zero-order chi connectivity index (χ0) is 21.9. The van der Waals surface area contributed by atoms with Gasteiger partial charge in [0.2, 0.25) is 4.29 Å². The molecule has 4 bridgehead atoms. The highest BCUT2D eigenvalue weighted by molar-refractivity contribution is 9.40. The summed E-state index contributed by atoms with van der Waals surface area (Å²) < 4.78 is 3.80. The van der Waals surface area contributed by atoms with Crippen LogP contribution in [-0.4, -0.2) is 38.7 Å². The average Bonchev–Trinajstić information content (AvgIpc) is 2.50. The predicted molar refractivity (Wildman–Crippen MR) is 131 cm³/mol. The second kappa shape index (κ2) is 8.25. The van der Waals surface area contributed by atoms with Gasteiger partial charge < -0.3 is 15.4 Å². The topological polar surface area (TPSA) is 84.5 Å². The zero-order valence-electron chi connectivity index (χ0n) is 15.4. The zero-order valence-corrected chi connectivity index (χ0v) is 24.9. The van der Waals surface area contributed by atoms with Crippen molar-refractivity contribution in [2.45, 2.75) is 72.8 Å². The molecule has 4 aliphatic carbocycles. The maximum Gasteiger partial charge on any atom is 0.306 e.